The third kappa shape index (κ3) is 2.24. The second-order valence-electron chi connectivity index (χ2n) is 5.37. The summed E-state index contributed by atoms with van der Waals surface area (Å²) in [4.78, 5) is 16.8. The lowest BCUT2D eigenvalue weighted by Gasteiger charge is -2.21. The molecular weight excluding hydrogens is 272 g/mol. The second kappa shape index (κ2) is 5.35. The van der Waals surface area contributed by atoms with Gasteiger partial charge in [-0.2, -0.15) is 4.98 Å². The average Bonchev–Trinajstić information content (AvgIpc) is 3.18. The van der Waals surface area contributed by atoms with Gasteiger partial charge in [0.1, 0.15) is 5.41 Å². The molecule has 6 heteroatoms. The van der Waals surface area contributed by atoms with Crippen molar-refractivity contribution in [3.8, 4) is 11.6 Å². The largest absolute Gasteiger partial charge is 0.465 e. The highest BCUT2D eigenvalue weighted by molar-refractivity contribution is 5.82. The standard InChI is InChI=1S/C15H18N2O4/c1-3-19-14(18)15(7-4-5-8-15)13-16-12(17-21-13)11-10(2)6-9-20-11/h6,9H,3-5,7-8H2,1-2H3. The molecule has 1 saturated carbocycles. The maximum Gasteiger partial charge on any atom is 0.321 e. The molecule has 21 heavy (non-hydrogen) atoms. The Labute approximate surface area is 122 Å². The first kappa shape index (κ1) is 13.9. The van der Waals surface area contributed by atoms with E-state index in [1.54, 1.807) is 13.2 Å². The average molecular weight is 290 g/mol. The first-order chi connectivity index (χ1) is 10.2. The molecule has 1 fully saturated rings. The summed E-state index contributed by atoms with van der Waals surface area (Å²) in [5, 5.41) is 3.96. The fourth-order valence-corrected chi connectivity index (χ4v) is 2.86. The molecular formula is C15H18N2O4. The van der Waals surface area contributed by atoms with Crippen molar-refractivity contribution in [3.63, 3.8) is 0 Å². The van der Waals surface area contributed by atoms with Crippen LogP contribution in [-0.4, -0.2) is 22.7 Å². The van der Waals surface area contributed by atoms with Gasteiger partial charge >= 0.3 is 5.97 Å². The zero-order chi connectivity index (χ0) is 14.9. The second-order valence-corrected chi connectivity index (χ2v) is 5.37. The molecule has 0 unspecified atom stereocenters. The number of carbonyl (C=O) groups excluding carboxylic acids is 1. The fourth-order valence-electron chi connectivity index (χ4n) is 2.86. The Morgan fingerprint density at radius 3 is 2.81 bits per heavy atom. The van der Waals surface area contributed by atoms with E-state index in [0.717, 1.165) is 18.4 Å². The van der Waals surface area contributed by atoms with Gasteiger partial charge in [0.15, 0.2) is 5.76 Å². The zero-order valence-electron chi connectivity index (χ0n) is 12.2. The van der Waals surface area contributed by atoms with E-state index in [-0.39, 0.29) is 5.97 Å². The molecule has 2 heterocycles. The minimum atomic E-state index is -0.790. The van der Waals surface area contributed by atoms with Crippen LogP contribution in [0.2, 0.25) is 0 Å². The van der Waals surface area contributed by atoms with E-state index in [2.05, 4.69) is 10.1 Å². The Morgan fingerprint density at radius 1 is 1.43 bits per heavy atom. The fraction of sp³-hybridized carbons (Fsp3) is 0.533. The highest BCUT2D eigenvalue weighted by Gasteiger charge is 2.49. The number of esters is 1. The number of aryl methyl sites for hydroxylation is 1. The van der Waals surface area contributed by atoms with Gasteiger partial charge in [-0.3, -0.25) is 4.79 Å². The zero-order valence-corrected chi connectivity index (χ0v) is 12.2. The summed E-state index contributed by atoms with van der Waals surface area (Å²) in [5.41, 5.74) is 0.140. The molecule has 0 saturated heterocycles. The number of rotatable bonds is 4. The van der Waals surface area contributed by atoms with Crippen LogP contribution in [0.5, 0.6) is 0 Å². The van der Waals surface area contributed by atoms with Crippen molar-refractivity contribution in [1.82, 2.24) is 10.1 Å². The van der Waals surface area contributed by atoms with Gasteiger partial charge in [0.2, 0.25) is 11.7 Å². The van der Waals surface area contributed by atoms with Crippen molar-refractivity contribution in [2.45, 2.75) is 44.9 Å². The minimum Gasteiger partial charge on any atom is -0.465 e. The van der Waals surface area contributed by atoms with Crippen molar-refractivity contribution in [1.29, 1.82) is 0 Å². The lowest BCUT2D eigenvalue weighted by atomic mass is 9.86. The molecule has 2 aromatic rings. The molecule has 0 aliphatic heterocycles. The van der Waals surface area contributed by atoms with Crippen molar-refractivity contribution < 1.29 is 18.5 Å². The van der Waals surface area contributed by atoms with Gasteiger partial charge in [-0.25, -0.2) is 0 Å². The Bertz CT molecular complexity index is 638. The highest BCUT2D eigenvalue weighted by atomic mass is 16.5. The van der Waals surface area contributed by atoms with Crippen LogP contribution < -0.4 is 0 Å². The summed E-state index contributed by atoms with van der Waals surface area (Å²) in [5.74, 6) is 1.02. The lowest BCUT2D eigenvalue weighted by molar-refractivity contribution is -0.151. The quantitative estimate of drug-likeness (QED) is 0.805. The summed E-state index contributed by atoms with van der Waals surface area (Å²) < 4.78 is 16.0. The van der Waals surface area contributed by atoms with Gasteiger partial charge in [0.05, 0.1) is 12.9 Å². The van der Waals surface area contributed by atoms with E-state index < -0.39 is 5.41 Å². The number of carbonyl (C=O) groups is 1. The Balaban J connectivity index is 1.96. The monoisotopic (exact) mass is 290 g/mol. The first-order valence-corrected chi connectivity index (χ1v) is 7.23. The van der Waals surface area contributed by atoms with E-state index in [1.165, 1.54) is 0 Å². The van der Waals surface area contributed by atoms with Crippen LogP contribution in [0.1, 0.15) is 44.1 Å². The summed E-state index contributed by atoms with van der Waals surface area (Å²) in [6, 6.07) is 1.84. The number of furan rings is 1. The number of ether oxygens (including phenoxy) is 1. The number of nitrogens with zero attached hydrogens (tertiary/aromatic N) is 2. The van der Waals surface area contributed by atoms with Crippen LogP contribution in [0.4, 0.5) is 0 Å². The van der Waals surface area contributed by atoms with Gasteiger partial charge in [-0.05, 0) is 38.3 Å². The van der Waals surface area contributed by atoms with E-state index in [0.29, 0.717) is 36.9 Å². The number of hydrogen-bond donors (Lipinski definition) is 0. The van der Waals surface area contributed by atoms with Gasteiger partial charge in [0.25, 0.3) is 0 Å². The molecule has 112 valence electrons. The molecule has 1 aliphatic carbocycles. The third-order valence-electron chi connectivity index (χ3n) is 4.02. The molecule has 0 N–H and O–H groups in total. The summed E-state index contributed by atoms with van der Waals surface area (Å²) >= 11 is 0. The van der Waals surface area contributed by atoms with E-state index in [9.17, 15) is 4.79 Å². The van der Waals surface area contributed by atoms with Crippen LogP contribution >= 0.6 is 0 Å². The van der Waals surface area contributed by atoms with Crippen LogP contribution in [0, 0.1) is 6.92 Å². The van der Waals surface area contributed by atoms with Crippen LogP contribution in [0.3, 0.4) is 0 Å². The Kier molecular flexibility index (Phi) is 3.53. The predicted molar refractivity (Wildman–Crippen MR) is 73.5 cm³/mol. The van der Waals surface area contributed by atoms with Crippen molar-refractivity contribution in [3.05, 3.63) is 23.8 Å². The van der Waals surface area contributed by atoms with Crippen molar-refractivity contribution in [2.24, 2.45) is 0 Å². The minimum absolute atomic E-state index is 0.270. The molecule has 0 bridgehead atoms. The van der Waals surface area contributed by atoms with Crippen LogP contribution in [-0.2, 0) is 14.9 Å². The SMILES string of the molecule is CCOC(=O)C1(c2nc(-c3occc3C)no2)CCCC1. The van der Waals surface area contributed by atoms with Gasteiger partial charge in [-0.1, -0.05) is 18.0 Å². The summed E-state index contributed by atoms with van der Waals surface area (Å²) in [6.45, 7) is 4.05. The van der Waals surface area contributed by atoms with Crippen molar-refractivity contribution in [2.75, 3.05) is 6.61 Å². The number of aromatic nitrogens is 2. The van der Waals surface area contributed by atoms with Crippen molar-refractivity contribution >= 4 is 5.97 Å². The molecule has 2 aromatic heterocycles. The topological polar surface area (TPSA) is 78.4 Å². The highest BCUT2D eigenvalue weighted by Crippen LogP contribution is 2.42. The predicted octanol–water partition coefficient (Wildman–Crippen LogP) is 3.01. The summed E-state index contributed by atoms with van der Waals surface area (Å²) in [7, 11) is 0. The Hall–Kier alpha value is -2.11. The van der Waals surface area contributed by atoms with Gasteiger partial charge < -0.3 is 13.7 Å². The molecule has 3 rings (SSSR count). The van der Waals surface area contributed by atoms with E-state index in [1.807, 2.05) is 13.0 Å². The smallest absolute Gasteiger partial charge is 0.321 e. The molecule has 1 aliphatic rings. The maximum atomic E-state index is 12.4. The number of hydrogen-bond acceptors (Lipinski definition) is 6. The summed E-state index contributed by atoms with van der Waals surface area (Å²) in [6.07, 6.45) is 4.86. The van der Waals surface area contributed by atoms with E-state index >= 15 is 0 Å². The van der Waals surface area contributed by atoms with Gasteiger partial charge in [0, 0.05) is 0 Å². The van der Waals surface area contributed by atoms with E-state index in [4.69, 9.17) is 13.7 Å². The molecule has 0 spiro atoms. The lowest BCUT2D eigenvalue weighted by Crippen LogP contribution is -2.35. The third-order valence-corrected chi connectivity index (χ3v) is 4.02. The Morgan fingerprint density at radius 2 is 2.19 bits per heavy atom. The molecule has 0 aromatic carbocycles. The first-order valence-electron chi connectivity index (χ1n) is 7.23. The van der Waals surface area contributed by atoms with Crippen LogP contribution in [0.15, 0.2) is 21.3 Å². The normalized spacial score (nSPS) is 17.0. The van der Waals surface area contributed by atoms with Gasteiger partial charge in [-0.15, -0.1) is 0 Å². The van der Waals surface area contributed by atoms with Crippen LogP contribution in [0.25, 0.3) is 11.6 Å². The maximum absolute atomic E-state index is 12.4. The molecule has 0 radical (unpaired) electrons. The molecule has 0 amide bonds. The molecule has 0 atom stereocenters. The molecule has 6 nitrogen and oxygen atoms in total.